The number of nitrogens with zero attached hydrogens (tertiary/aromatic N) is 3. The molecule has 1 heterocycles. The second-order valence-corrected chi connectivity index (χ2v) is 9.05. The summed E-state index contributed by atoms with van der Waals surface area (Å²) < 4.78 is 218. The molecule has 1 aliphatic heterocycles. The predicted molar refractivity (Wildman–Crippen MR) is 107 cm³/mol. The summed E-state index contributed by atoms with van der Waals surface area (Å²) in [5, 5.41) is 3.78. The van der Waals surface area contributed by atoms with Crippen molar-refractivity contribution < 1.29 is 80.0 Å². The summed E-state index contributed by atoms with van der Waals surface area (Å²) in [5.41, 5.74) is -0.283. The van der Waals surface area contributed by atoms with Crippen LogP contribution < -0.4 is 4.90 Å². The highest BCUT2D eigenvalue weighted by Crippen LogP contribution is 2.64. The number of hydrogen-bond acceptors (Lipinski definition) is 4. The van der Waals surface area contributed by atoms with E-state index in [0.717, 1.165) is 24.3 Å². The van der Waals surface area contributed by atoms with Crippen molar-refractivity contribution in [1.82, 2.24) is 4.90 Å². The molecule has 1 amide bonds. The van der Waals surface area contributed by atoms with E-state index in [1.807, 2.05) is 0 Å². The number of nitro groups is 1. The summed E-state index contributed by atoms with van der Waals surface area (Å²) in [6, 6.07) is 4.15. The number of anilines is 1. The SMILES string of the molecule is O=C(N1CCN(c2ccc([N+](=O)[O-])cc2)CC1)C(F)(F)C(F)(F)C(F)(F)C(F)(F)C(F)(F)C(F)(F)C(F)(F)C(F)(F)Cl. The lowest BCUT2D eigenvalue weighted by Crippen LogP contribution is -2.75. The molecule has 1 saturated heterocycles. The predicted octanol–water partition coefficient (Wildman–Crippen LogP) is 6.52. The van der Waals surface area contributed by atoms with Gasteiger partial charge in [-0.1, -0.05) is 0 Å². The lowest BCUT2D eigenvalue weighted by atomic mass is 9.88. The molecular weight excluding hydrogens is 658 g/mol. The van der Waals surface area contributed by atoms with E-state index in [0.29, 0.717) is 0 Å². The monoisotopic (exact) mass is 669 g/mol. The first kappa shape index (κ1) is 35.3. The third-order valence-corrected chi connectivity index (χ3v) is 6.22. The molecule has 1 aromatic carbocycles. The zero-order valence-electron chi connectivity index (χ0n) is 19.6. The molecule has 1 aromatic rings. The van der Waals surface area contributed by atoms with Crippen LogP contribution in [0.25, 0.3) is 0 Å². The van der Waals surface area contributed by atoms with Crippen molar-refractivity contribution in [2.45, 2.75) is 46.8 Å². The van der Waals surface area contributed by atoms with Crippen LogP contribution in [-0.4, -0.2) is 88.7 Å². The van der Waals surface area contributed by atoms with Gasteiger partial charge in [0.15, 0.2) is 0 Å². The molecule has 1 aliphatic rings. The van der Waals surface area contributed by atoms with Crippen LogP contribution in [0.4, 0.5) is 81.6 Å². The van der Waals surface area contributed by atoms with Gasteiger partial charge in [-0.25, -0.2) is 0 Å². The van der Waals surface area contributed by atoms with Gasteiger partial charge in [0.25, 0.3) is 11.6 Å². The maximum absolute atomic E-state index is 14.3. The first-order valence-electron chi connectivity index (χ1n) is 10.5. The molecular formula is C19H12ClF16N3O3. The number of halogens is 17. The van der Waals surface area contributed by atoms with Gasteiger partial charge in [0, 0.05) is 44.0 Å². The Kier molecular flexibility index (Phi) is 8.69. The quantitative estimate of drug-likeness (QED) is 0.123. The minimum absolute atomic E-state index is 0.124. The Morgan fingerprint density at radius 1 is 0.643 bits per heavy atom. The second-order valence-electron chi connectivity index (χ2n) is 8.57. The molecule has 42 heavy (non-hydrogen) atoms. The van der Waals surface area contributed by atoms with Crippen molar-refractivity contribution in [3.8, 4) is 0 Å². The molecule has 1 fully saturated rings. The van der Waals surface area contributed by atoms with Crippen LogP contribution in [-0.2, 0) is 4.79 Å². The molecule has 23 heteroatoms. The van der Waals surface area contributed by atoms with Crippen LogP contribution in [0.5, 0.6) is 0 Å². The highest BCUT2D eigenvalue weighted by Gasteiger charge is 2.95. The van der Waals surface area contributed by atoms with Crippen molar-refractivity contribution in [3.63, 3.8) is 0 Å². The third kappa shape index (κ3) is 5.01. The Hall–Kier alpha value is -2.94. The van der Waals surface area contributed by atoms with Gasteiger partial charge in [-0.15, -0.1) is 0 Å². The normalized spacial score (nSPS) is 17.0. The van der Waals surface area contributed by atoms with E-state index in [4.69, 9.17) is 0 Å². The molecule has 0 saturated carbocycles. The Balaban J connectivity index is 2.36. The summed E-state index contributed by atoms with van der Waals surface area (Å²) >= 11 is 3.46. The number of carbonyl (C=O) groups excluding carboxylic acids is 1. The molecule has 6 nitrogen and oxygen atoms in total. The van der Waals surface area contributed by atoms with Gasteiger partial charge in [-0.05, 0) is 23.7 Å². The number of rotatable bonds is 10. The molecule has 0 atom stereocenters. The Labute approximate surface area is 226 Å². The van der Waals surface area contributed by atoms with Gasteiger partial charge < -0.3 is 9.80 Å². The largest absolute Gasteiger partial charge is 0.393 e. The Bertz CT molecular complexity index is 1180. The fraction of sp³-hybridized carbons (Fsp3) is 0.632. The minimum atomic E-state index is -8.66. The average Bonchev–Trinajstić information content (AvgIpc) is 2.87. The fourth-order valence-electron chi connectivity index (χ4n) is 3.45. The number of alkyl halides is 17. The summed E-state index contributed by atoms with van der Waals surface area (Å²) in [7, 11) is 0. The van der Waals surface area contributed by atoms with Crippen molar-refractivity contribution in [3.05, 3.63) is 34.4 Å². The van der Waals surface area contributed by atoms with E-state index in [2.05, 4.69) is 11.6 Å². The second kappa shape index (κ2) is 10.4. The van der Waals surface area contributed by atoms with E-state index in [1.54, 1.807) is 0 Å². The van der Waals surface area contributed by atoms with E-state index in [9.17, 15) is 85.2 Å². The van der Waals surface area contributed by atoms with E-state index >= 15 is 0 Å². The van der Waals surface area contributed by atoms with Crippen molar-refractivity contribution in [1.29, 1.82) is 0 Å². The van der Waals surface area contributed by atoms with Gasteiger partial charge in [0.05, 0.1) is 4.92 Å². The van der Waals surface area contributed by atoms with E-state index in [-0.39, 0.29) is 10.6 Å². The summed E-state index contributed by atoms with van der Waals surface area (Å²) in [4.78, 5) is 22.7. The number of carbonyl (C=O) groups is 1. The van der Waals surface area contributed by atoms with Crippen LogP contribution in [0.2, 0.25) is 0 Å². The van der Waals surface area contributed by atoms with Crippen LogP contribution >= 0.6 is 11.6 Å². The minimum Gasteiger partial charge on any atom is -0.368 e. The maximum atomic E-state index is 14.3. The number of piperazine rings is 1. The van der Waals surface area contributed by atoms with E-state index in [1.165, 1.54) is 4.90 Å². The maximum Gasteiger partial charge on any atom is 0.393 e. The summed E-state index contributed by atoms with van der Waals surface area (Å²) in [6.45, 7) is -3.34. The topological polar surface area (TPSA) is 66.7 Å². The van der Waals surface area contributed by atoms with Gasteiger partial charge in [0.1, 0.15) is 0 Å². The zero-order chi connectivity index (χ0) is 33.1. The number of hydrogen-bond donors (Lipinski definition) is 0. The zero-order valence-corrected chi connectivity index (χ0v) is 20.4. The van der Waals surface area contributed by atoms with Crippen molar-refractivity contribution >= 4 is 28.9 Å². The summed E-state index contributed by atoms with van der Waals surface area (Å²) in [5.74, 6) is -60.5. The number of amides is 1. The van der Waals surface area contributed by atoms with Crippen LogP contribution in [0.15, 0.2) is 24.3 Å². The van der Waals surface area contributed by atoms with Gasteiger partial charge in [0.2, 0.25) is 0 Å². The smallest absolute Gasteiger partial charge is 0.368 e. The van der Waals surface area contributed by atoms with Crippen LogP contribution in [0.1, 0.15) is 0 Å². The van der Waals surface area contributed by atoms with Gasteiger partial charge in [-0.3, -0.25) is 14.9 Å². The van der Waals surface area contributed by atoms with Gasteiger partial charge >= 0.3 is 46.8 Å². The molecule has 0 radical (unpaired) electrons. The third-order valence-electron chi connectivity index (χ3n) is 5.98. The molecule has 2 rings (SSSR count). The molecule has 0 aliphatic carbocycles. The van der Waals surface area contributed by atoms with E-state index < -0.39 is 89.5 Å². The van der Waals surface area contributed by atoms with Gasteiger partial charge in [-0.2, -0.15) is 70.2 Å². The average molecular weight is 670 g/mol. The summed E-state index contributed by atoms with van der Waals surface area (Å²) in [6.07, 6.45) is 0. The molecule has 0 unspecified atom stereocenters. The first-order chi connectivity index (χ1) is 18.5. The first-order valence-corrected chi connectivity index (χ1v) is 10.9. The highest BCUT2D eigenvalue weighted by molar-refractivity contribution is 6.22. The Morgan fingerprint density at radius 3 is 1.36 bits per heavy atom. The number of non-ortho nitro benzene ring substituents is 1. The number of benzene rings is 1. The van der Waals surface area contributed by atoms with Crippen molar-refractivity contribution in [2.75, 3.05) is 31.1 Å². The molecule has 0 aromatic heterocycles. The van der Waals surface area contributed by atoms with Crippen LogP contribution in [0, 0.1) is 10.1 Å². The standard InChI is InChI=1S/C19H12ClF16N3O3/c20-19(35,36)18(33,34)17(31,32)16(29,30)15(27,28)14(25,26)13(23,24)12(21,22)11(40)38-7-5-37(6-8-38)9-1-3-10(4-2-9)39(41)42/h1-4H,5-8H2. The van der Waals surface area contributed by atoms with Crippen LogP contribution in [0.3, 0.4) is 0 Å². The molecule has 0 N–H and O–H groups in total. The Morgan fingerprint density at radius 2 is 1.00 bits per heavy atom. The lowest BCUT2D eigenvalue weighted by Gasteiger charge is -2.43. The lowest BCUT2D eigenvalue weighted by molar-refractivity contribution is -0.446. The highest BCUT2D eigenvalue weighted by atomic mass is 35.5. The molecule has 240 valence electrons. The number of nitro benzene ring substituents is 1. The fourth-order valence-corrected chi connectivity index (χ4v) is 3.57. The molecule has 0 bridgehead atoms. The van der Waals surface area contributed by atoms with Crippen molar-refractivity contribution in [2.24, 2.45) is 0 Å². The molecule has 0 spiro atoms.